The highest BCUT2D eigenvalue weighted by Crippen LogP contribution is 2.34. The van der Waals surface area contributed by atoms with E-state index in [1.165, 1.54) is 24.5 Å². The molecule has 128 valence electrons. The maximum absolute atomic E-state index is 13.2. The molecule has 0 radical (unpaired) electrons. The molecule has 0 saturated heterocycles. The van der Waals surface area contributed by atoms with Gasteiger partial charge in [0.1, 0.15) is 5.00 Å². The standard InChI is InChI=1S/C16H16F2N2O2S2/c1-4-10-8(2)24-14(13(10)15(21)22-3)20-16(23)19-9-5-6-11(17)12(18)7-9/h5-7H,4H2,1-3H3,(H2,19,20,23). The van der Waals surface area contributed by atoms with Gasteiger partial charge in [0.2, 0.25) is 0 Å². The fraction of sp³-hybridized carbons (Fsp3) is 0.250. The summed E-state index contributed by atoms with van der Waals surface area (Å²) in [6, 6.07) is 3.37. The first-order valence-electron chi connectivity index (χ1n) is 7.11. The number of thiocarbonyl (C=S) groups is 1. The summed E-state index contributed by atoms with van der Waals surface area (Å²) in [5.41, 5.74) is 1.64. The highest BCUT2D eigenvalue weighted by atomic mass is 32.1. The zero-order valence-corrected chi connectivity index (χ0v) is 15.0. The molecule has 0 aliphatic rings. The lowest BCUT2D eigenvalue weighted by molar-refractivity contribution is 0.0601. The van der Waals surface area contributed by atoms with Crippen molar-refractivity contribution >= 4 is 45.3 Å². The Morgan fingerprint density at radius 1 is 1.29 bits per heavy atom. The van der Waals surface area contributed by atoms with Gasteiger partial charge in [-0.05, 0) is 43.3 Å². The van der Waals surface area contributed by atoms with Crippen molar-refractivity contribution in [3.8, 4) is 0 Å². The molecule has 0 aliphatic carbocycles. The number of benzene rings is 1. The Morgan fingerprint density at radius 3 is 2.58 bits per heavy atom. The summed E-state index contributed by atoms with van der Waals surface area (Å²) in [5, 5.41) is 6.40. The van der Waals surface area contributed by atoms with Gasteiger partial charge >= 0.3 is 5.97 Å². The molecule has 1 heterocycles. The third-order valence-corrected chi connectivity index (χ3v) is 4.62. The third kappa shape index (κ3) is 3.88. The molecule has 0 spiro atoms. The Labute approximate surface area is 147 Å². The van der Waals surface area contributed by atoms with Crippen LogP contribution in [-0.4, -0.2) is 18.2 Å². The molecule has 0 amide bonds. The van der Waals surface area contributed by atoms with E-state index in [0.29, 0.717) is 22.7 Å². The molecule has 2 N–H and O–H groups in total. The second-order valence-electron chi connectivity index (χ2n) is 4.89. The number of halogens is 2. The van der Waals surface area contributed by atoms with Crippen LogP contribution in [0.15, 0.2) is 18.2 Å². The quantitative estimate of drug-likeness (QED) is 0.613. The number of ether oxygens (including phenoxy) is 1. The number of rotatable bonds is 4. The van der Waals surface area contributed by atoms with Crippen molar-refractivity contribution in [3.63, 3.8) is 0 Å². The lowest BCUT2D eigenvalue weighted by Gasteiger charge is -2.11. The van der Waals surface area contributed by atoms with Crippen LogP contribution in [0.25, 0.3) is 0 Å². The van der Waals surface area contributed by atoms with Crippen molar-refractivity contribution in [2.75, 3.05) is 17.7 Å². The highest BCUT2D eigenvalue weighted by molar-refractivity contribution is 7.80. The summed E-state index contributed by atoms with van der Waals surface area (Å²) >= 11 is 6.56. The fourth-order valence-electron chi connectivity index (χ4n) is 2.25. The van der Waals surface area contributed by atoms with Crippen molar-refractivity contribution in [1.29, 1.82) is 0 Å². The zero-order valence-electron chi connectivity index (χ0n) is 13.3. The number of esters is 1. The minimum Gasteiger partial charge on any atom is -0.465 e. The number of anilines is 2. The first-order chi connectivity index (χ1) is 11.4. The summed E-state index contributed by atoms with van der Waals surface area (Å²) in [6.07, 6.45) is 0.678. The van der Waals surface area contributed by atoms with Gasteiger partial charge in [0.15, 0.2) is 16.7 Å². The van der Waals surface area contributed by atoms with E-state index in [1.54, 1.807) is 0 Å². The molecule has 1 aromatic heterocycles. The predicted octanol–water partition coefficient (Wildman–Crippen LogP) is 4.49. The zero-order chi connectivity index (χ0) is 17.9. The van der Waals surface area contributed by atoms with Gasteiger partial charge in [-0.2, -0.15) is 0 Å². The Balaban J connectivity index is 2.22. The van der Waals surface area contributed by atoms with Crippen molar-refractivity contribution in [2.45, 2.75) is 20.3 Å². The lowest BCUT2D eigenvalue weighted by Crippen LogP contribution is -2.20. The van der Waals surface area contributed by atoms with E-state index in [9.17, 15) is 13.6 Å². The normalized spacial score (nSPS) is 10.4. The van der Waals surface area contributed by atoms with Gasteiger partial charge in [-0.25, -0.2) is 13.6 Å². The average molecular weight is 370 g/mol. The van der Waals surface area contributed by atoms with E-state index < -0.39 is 17.6 Å². The number of carbonyl (C=O) groups is 1. The summed E-state index contributed by atoms with van der Waals surface area (Å²) in [7, 11) is 1.32. The molecule has 0 atom stereocenters. The van der Waals surface area contributed by atoms with Crippen molar-refractivity contribution < 1.29 is 18.3 Å². The van der Waals surface area contributed by atoms with E-state index in [0.717, 1.165) is 22.6 Å². The number of carbonyl (C=O) groups excluding carboxylic acids is 1. The Hall–Kier alpha value is -2.06. The van der Waals surface area contributed by atoms with Crippen LogP contribution < -0.4 is 10.6 Å². The van der Waals surface area contributed by atoms with Gasteiger partial charge in [-0.15, -0.1) is 11.3 Å². The summed E-state index contributed by atoms with van der Waals surface area (Å²) in [5.74, 6) is -2.36. The summed E-state index contributed by atoms with van der Waals surface area (Å²) < 4.78 is 31.0. The minimum absolute atomic E-state index is 0.162. The van der Waals surface area contributed by atoms with E-state index in [2.05, 4.69) is 10.6 Å². The first kappa shape index (κ1) is 18.3. The lowest BCUT2D eigenvalue weighted by atomic mass is 10.1. The monoisotopic (exact) mass is 370 g/mol. The van der Waals surface area contributed by atoms with Crippen LogP contribution in [0.1, 0.15) is 27.7 Å². The van der Waals surface area contributed by atoms with Gasteiger partial charge in [-0.3, -0.25) is 0 Å². The van der Waals surface area contributed by atoms with Gasteiger partial charge in [0.05, 0.1) is 12.7 Å². The molecule has 0 bridgehead atoms. The number of nitrogens with one attached hydrogen (secondary N) is 2. The largest absolute Gasteiger partial charge is 0.465 e. The molecule has 2 aromatic rings. The van der Waals surface area contributed by atoms with Crippen LogP contribution in [0, 0.1) is 18.6 Å². The fourth-order valence-corrected chi connectivity index (χ4v) is 3.67. The summed E-state index contributed by atoms with van der Waals surface area (Å²) in [4.78, 5) is 13.0. The molecule has 8 heteroatoms. The molecule has 1 aromatic carbocycles. The first-order valence-corrected chi connectivity index (χ1v) is 8.33. The number of thiophene rings is 1. The number of methoxy groups -OCH3 is 1. The molecule has 0 fully saturated rings. The average Bonchev–Trinajstić information content (AvgIpc) is 2.85. The number of aryl methyl sites for hydroxylation is 1. The topological polar surface area (TPSA) is 50.4 Å². The van der Waals surface area contributed by atoms with Crippen molar-refractivity contribution in [3.05, 3.63) is 45.8 Å². The Morgan fingerprint density at radius 2 is 2.00 bits per heavy atom. The summed E-state index contributed by atoms with van der Waals surface area (Å²) in [6.45, 7) is 3.86. The van der Waals surface area contributed by atoms with Crippen LogP contribution in [-0.2, 0) is 11.2 Å². The van der Waals surface area contributed by atoms with Crippen LogP contribution in [0.4, 0.5) is 19.5 Å². The number of hydrogen-bond donors (Lipinski definition) is 2. The van der Waals surface area contributed by atoms with Crippen molar-refractivity contribution in [2.24, 2.45) is 0 Å². The van der Waals surface area contributed by atoms with E-state index in [1.807, 2.05) is 13.8 Å². The Bertz CT molecular complexity index is 791. The second kappa shape index (κ2) is 7.67. The molecular formula is C16H16F2N2O2S2. The maximum Gasteiger partial charge on any atom is 0.341 e. The van der Waals surface area contributed by atoms with Gasteiger partial charge in [-0.1, -0.05) is 6.92 Å². The minimum atomic E-state index is -0.974. The van der Waals surface area contributed by atoms with E-state index in [-0.39, 0.29) is 5.11 Å². The SMILES string of the molecule is CCc1c(C)sc(NC(=S)Nc2ccc(F)c(F)c2)c1C(=O)OC. The molecule has 0 aliphatic heterocycles. The molecule has 2 rings (SSSR count). The van der Waals surface area contributed by atoms with E-state index in [4.69, 9.17) is 17.0 Å². The number of hydrogen-bond acceptors (Lipinski definition) is 4. The van der Waals surface area contributed by atoms with E-state index >= 15 is 0 Å². The molecule has 24 heavy (non-hydrogen) atoms. The third-order valence-electron chi connectivity index (χ3n) is 3.36. The predicted molar refractivity (Wildman–Crippen MR) is 96.0 cm³/mol. The molecule has 4 nitrogen and oxygen atoms in total. The highest BCUT2D eigenvalue weighted by Gasteiger charge is 2.22. The molecular weight excluding hydrogens is 354 g/mol. The van der Waals surface area contributed by atoms with Crippen LogP contribution >= 0.6 is 23.6 Å². The van der Waals surface area contributed by atoms with Gasteiger partial charge < -0.3 is 15.4 Å². The van der Waals surface area contributed by atoms with Gasteiger partial charge in [0.25, 0.3) is 0 Å². The second-order valence-corrected chi connectivity index (χ2v) is 6.53. The smallest absolute Gasteiger partial charge is 0.341 e. The van der Waals surface area contributed by atoms with Crippen LogP contribution in [0.3, 0.4) is 0 Å². The van der Waals surface area contributed by atoms with Crippen molar-refractivity contribution in [1.82, 2.24) is 0 Å². The Kier molecular flexibility index (Phi) is 5.84. The van der Waals surface area contributed by atoms with Crippen LogP contribution in [0.5, 0.6) is 0 Å². The van der Waals surface area contributed by atoms with Gasteiger partial charge in [0, 0.05) is 16.6 Å². The molecule has 0 unspecified atom stereocenters. The maximum atomic E-state index is 13.2. The molecule has 0 saturated carbocycles. The van der Waals surface area contributed by atoms with Crippen LogP contribution in [0.2, 0.25) is 0 Å².